The lowest BCUT2D eigenvalue weighted by molar-refractivity contribution is -0.122. The molecular weight excluding hydrogens is 278 g/mol. The Hall–Kier alpha value is -1.55. The molecule has 120 valence electrons. The van der Waals surface area contributed by atoms with Gasteiger partial charge >= 0.3 is 0 Å². The number of aliphatic hydroxyl groups is 1. The summed E-state index contributed by atoms with van der Waals surface area (Å²) in [5.74, 6) is 3.15. The van der Waals surface area contributed by atoms with E-state index in [9.17, 15) is 4.79 Å². The zero-order valence-electron chi connectivity index (χ0n) is 13.0. The highest BCUT2D eigenvalue weighted by atomic mass is 16.5. The summed E-state index contributed by atoms with van der Waals surface area (Å²) < 4.78 is 5.49. The number of ether oxygens (including phenoxy) is 1. The van der Waals surface area contributed by atoms with Crippen LogP contribution in [0.25, 0.3) is 0 Å². The Morgan fingerprint density at radius 1 is 1.27 bits per heavy atom. The van der Waals surface area contributed by atoms with Crippen LogP contribution in [0.15, 0.2) is 24.3 Å². The SMILES string of the molecule is O=C(CC1CC2CCC1C2)NCc1ccccc1OCCO. The fourth-order valence-corrected chi connectivity index (χ4v) is 4.08. The van der Waals surface area contributed by atoms with Crippen LogP contribution in [0.4, 0.5) is 0 Å². The highest BCUT2D eigenvalue weighted by Crippen LogP contribution is 2.49. The number of fused-ring (bicyclic) bond motifs is 2. The van der Waals surface area contributed by atoms with Gasteiger partial charge in [0.05, 0.1) is 6.61 Å². The van der Waals surface area contributed by atoms with E-state index in [1.54, 1.807) is 0 Å². The Kier molecular flexibility index (Phi) is 4.98. The number of benzene rings is 1. The van der Waals surface area contributed by atoms with Crippen LogP contribution in [0.3, 0.4) is 0 Å². The molecule has 3 atom stereocenters. The van der Waals surface area contributed by atoms with Crippen LogP contribution in [0.2, 0.25) is 0 Å². The number of hydrogen-bond donors (Lipinski definition) is 2. The lowest BCUT2D eigenvalue weighted by atomic mass is 9.86. The van der Waals surface area contributed by atoms with Gasteiger partial charge in [-0.05, 0) is 43.1 Å². The van der Waals surface area contributed by atoms with Crippen molar-refractivity contribution in [3.8, 4) is 5.75 Å². The van der Waals surface area contributed by atoms with Crippen molar-refractivity contribution < 1.29 is 14.6 Å². The van der Waals surface area contributed by atoms with E-state index in [4.69, 9.17) is 9.84 Å². The van der Waals surface area contributed by atoms with E-state index < -0.39 is 0 Å². The van der Waals surface area contributed by atoms with E-state index in [2.05, 4.69) is 5.32 Å². The third kappa shape index (κ3) is 3.61. The van der Waals surface area contributed by atoms with E-state index in [0.29, 0.717) is 18.9 Å². The second-order valence-electron chi connectivity index (χ2n) is 6.60. The topological polar surface area (TPSA) is 58.6 Å². The van der Waals surface area contributed by atoms with Crippen LogP contribution < -0.4 is 10.1 Å². The van der Waals surface area contributed by atoms with Crippen molar-refractivity contribution in [3.05, 3.63) is 29.8 Å². The monoisotopic (exact) mass is 303 g/mol. The highest BCUT2D eigenvalue weighted by Gasteiger charge is 2.39. The minimum atomic E-state index is -0.00900. The van der Waals surface area contributed by atoms with Gasteiger partial charge in [-0.15, -0.1) is 0 Å². The largest absolute Gasteiger partial charge is 0.491 e. The molecule has 1 amide bonds. The Balaban J connectivity index is 1.48. The minimum Gasteiger partial charge on any atom is -0.491 e. The van der Waals surface area contributed by atoms with Crippen molar-refractivity contribution in [1.82, 2.24) is 5.32 Å². The third-order valence-electron chi connectivity index (χ3n) is 5.13. The summed E-state index contributed by atoms with van der Waals surface area (Å²) in [6, 6.07) is 7.65. The molecule has 2 N–H and O–H groups in total. The summed E-state index contributed by atoms with van der Waals surface area (Å²) in [5, 5.41) is 11.9. The summed E-state index contributed by atoms with van der Waals surface area (Å²) in [6.45, 7) is 0.752. The molecule has 2 aliphatic carbocycles. The lowest BCUT2D eigenvalue weighted by Gasteiger charge is -2.21. The Bertz CT molecular complexity index is 517. The summed E-state index contributed by atoms with van der Waals surface area (Å²) >= 11 is 0. The van der Waals surface area contributed by atoms with Gasteiger partial charge in [0.1, 0.15) is 12.4 Å². The molecular formula is C18H25NO3. The molecule has 0 radical (unpaired) electrons. The van der Waals surface area contributed by atoms with Crippen molar-refractivity contribution >= 4 is 5.91 Å². The number of carbonyl (C=O) groups is 1. The van der Waals surface area contributed by atoms with Crippen molar-refractivity contribution in [1.29, 1.82) is 0 Å². The number of rotatable bonds is 7. The van der Waals surface area contributed by atoms with Gasteiger partial charge in [0.25, 0.3) is 0 Å². The lowest BCUT2D eigenvalue weighted by Crippen LogP contribution is -2.27. The molecule has 0 saturated heterocycles. The number of carbonyl (C=O) groups excluding carboxylic acids is 1. The molecule has 0 aliphatic heterocycles. The molecule has 4 nitrogen and oxygen atoms in total. The van der Waals surface area contributed by atoms with Crippen LogP contribution in [-0.2, 0) is 11.3 Å². The number of hydrogen-bond acceptors (Lipinski definition) is 3. The van der Waals surface area contributed by atoms with Crippen molar-refractivity contribution in [2.24, 2.45) is 17.8 Å². The first-order chi connectivity index (χ1) is 10.8. The fourth-order valence-electron chi connectivity index (χ4n) is 4.08. The average molecular weight is 303 g/mol. The second kappa shape index (κ2) is 7.14. The van der Waals surface area contributed by atoms with Gasteiger partial charge in [0, 0.05) is 18.5 Å². The number of amides is 1. The van der Waals surface area contributed by atoms with E-state index in [-0.39, 0.29) is 19.1 Å². The highest BCUT2D eigenvalue weighted by molar-refractivity contribution is 5.76. The van der Waals surface area contributed by atoms with E-state index >= 15 is 0 Å². The molecule has 3 rings (SSSR count). The molecule has 2 fully saturated rings. The van der Waals surface area contributed by atoms with Crippen LogP contribution in [0.1, 0.15) is 37.7 Å². The van der Waals surface area contributed by atoms with Gasteiger partial charge < -0.3 is 15.2 Å². The fraction of sp³-hybridized carbons (Fsp3) is 0.611. The van der Waals surface area contributed by atoms with Crippen molar-refractivity contribution in [2.75, 3.05) is 13.2 Å². The summed E-state index contributed by atoms with van der Waals surface area (Å²) in [5.41, 5.74) is 0.956. The van der Waals surface area contributed by atoms with Crippen molar-refractivity contribution in [2.45, 2.75) is 38.6 Å². The van der Waals surface area contributed by atoms with Crippen LogP contribution >= 0.6 is 0 Å². The first kappa shape index (κ1) is 15.3. The van der Waals surface area contributed by atoms with E-state index in [1.165, 1.54) is 25.7 Å². The molecule has 3 unspecified atom stereocenters. The molecule has 1 aromatic carbocycles. The summed E-state index contributed by atoms with van der Waals surface area (Å²) in [6.07, 6.45) is 5.95. The quantitative estimate of drug-likeness (QED) is 0.813. The smallest absolute Gasteiger partial charge is 0.220 e. The Morgan fingerprint density at radius 2 is 2.14 bits per heavy atom. The second-order valence-corrected chi connectivity index (χ2v) is 6.60. The van der Waals surface area contributed by atoms with Crippen LogP contribution in [0, 0.1) is 17.8 Å². The number of para-hydroxylation sites is 1. The Labute approximate surface area is 131 Å². The molecule has 2 bridgehead atoms. The normalized spacial score (nSPS) is 26.1. The predicted molar refractivity (Wildman–Crippen MR) is 84.4 cm³/mol. The summed E-state index contributed by atoms with van der Waals surface area (Å²) in [4.78, 5) is 12.2. The first-order valence-corrected chi connectivity index (χ1v) is 8.34. The van der Waals surface area contributed by atoms with Gasteiger partial charge in [-0.25, -0.2) is 0 Å². The molecule has 22 heavy (non-hydrogen) atoms. The van der Waals surface area contributed by atoms with Gasteiger partial charge in [-0.1, -0.05) is 24.6 Å². The average Bonchev–Trinajstić information content (AvgIpc) is 3.14. The maximum absolute atomic E-state index is 12.2. The molecule has 0 aromatic heterocycles. The molecule has 2 aliphatic rings. The maximum atomic E-state index is 12.2. The van der Waals surface area contributed by atoms with Gasteiger partial charge in [0.2, 0.25) is 5.91 Å². The molecule has 1 aromatic rings. The van der Waals surface area contributed by atoms with Gasteiger partial charge in [-0.3, -0.25) is 4.79 Å². The van der Waals surface area contributed by atoms with E-state index in [0.717, 1.165) is 23.1 Å². The minimum absolute atomic E-state index is 0.00900. The van der Waals surface area contributed by atoms with Crippen molar-refractivity contribution in [3.63, 3.8) is 0 Å². The molecule has 2 saturated carbocycles. The van der Waals surface area contributed by atoms with Gasteiger partial charge in [0.15, 0.2) is 0 Å². The molecule has 4 heteroatoms. The standard InChI is InChI=1S/C18H25NO3/c20-7-8-22-17-4-2-1-3-15(17)12-19-18(21)11-16-10-13-5-6-14(16)9-13/h1-4,13-14,16,20H,5-12H2,(H,19,21). The summed E-state index contributed by atoms with van der Waals surface area (Å²) in [7, 11) is 0. The van der Waals surface area contributed by atoms with Crippen LogP contribution in [0.5, 0.6) is 5.75 Å². The molecule has 0 spiro atoms. The zero-order valence-corrected chi connectivity index (χ0v) is 13.0. The van der Waals surface area contributed by atoms with Gasteiger partial charge in [-0.2, -0.15) is 0 Å². The predicted octanol–water partition coefficient (Wildman–Crippen LogP) is 2.50. The number of aliphatic hydroxyl groups excluding tert-OH is 1. The van der Waals surface area contributed by atoms with E-state index in [1.807, 2.05) is 24.3 Å². The van der Waals surface area contributed by atoms with Crippen LogP contribution in [-0.4, -0.2) is 24.2 Å². The molecule has 0 heterocycles. The maximum Gasteiger partial charge on any atom is 0.220 e. The first-order valence-electron chi connectivity index (χ1n) is 8.34. The third-order valence-corrected chi connectivity index (χ3v) is 5.13. The number of nitrogens with one attached hydrogen (secondary N) is 1. The zero-order chi connectivity index (χ0) is 15.4. The Morgan fingerprint density at radius 3 is 2.86 bits per heavy atom.